The van der Waals surface area contributed by atoms with Crippen molar-refractivity contribution in [1.29, 1.82) is 0 Å². The maximum absolute atomic E-state index is 13.1. The van der Waals surface area contributed by atoms with Crippen LogP contribution >= 0.6 is 27.5 Å². The number of rotatable bonds is 6. The average Bonchev–Trinajstić information content (AvgIpc) is 2.85. The number of ketones is 1. The molecule has 0 unspecified atom stereocenters. The standard InChI is InChI=1S/C25H22BrClN2O4S/c26-19-8-11-21(12-9-19)34(32,33)29-14-4-7-18(16-29)25(31)28-23-13-10-20(27)15-22(23)24(30)17-5-2-1-3-6-17/h1-3,5-6,8-13,15,18H,4,7,14,16H2,(H,28,31)/t18-/m1/s1. The Morgan fingerprint density at radius 3 is 2.41 bits per heavy atom. The van der Waals surface area contributed by atoms with Crippen LogP contribution in [0.4, 0.5) is 5.69 Å². The number of nitrogens with one attached hydrogen (secondary N) is 1. The molecule has 34 heavy (non-hydrogen) atoms. The number of carbonyl (C=O) groups excluding carboxylic acids is 2. The molecule has 6 nitrogen and oxygen atoms in total. The topological polar surface area (TPSA) is 83.6 Å². The van der Waals surface area contributed by atoms with Crippen molar-refractivity contribution in [2.75, 3.05) is 18.4 Å². The Morgan fingerprint density at radius 1 is 1.00 bits per heavy atom. The monoisotopic (exact) mass is 560 g/mol. The minimum Gasteiger partial charge on any atom is -0.325 e. The van der Waals surface area contributed by atoms with Crippen molar-refractivity contribution in [1.82, 2.24) is 4.31 Å². The van der Waals surface area contributed by atoms with Gasteiger partial charge in [-0.1, -0.05) is 57.9 Å². The van der Waals surface area contributed by atoms with Gasteiger partial charge in [-0.15, -0.1) is 0 Å². The van der Waals surface area contributed by atoms with Crippen LogP contribution in [-0.2, 0) is 14.8 Å². The van der Waals surface area contributed by atoms with Crippen molar-refractivity contribution in [3.8, 4) is 0 Å². The Labute approximate surface area is 212 Å². The van der Waals surface area contributed by atoms with E-state index in [1.807, 2.05) is 6.07 Å². The number of sulfonamides is 1. The third-order valence-electron chi connectivity index (χ3n) is 5.73. The molecule has 1 N–H and O–H groups in total. The highest BCUT2D eigenvalue weighted by atomic mass is 79.9. The first-order valence-corrected chi connectivity index (χ1v) is 13.3. The van der Waals surface area contributed by atoms with Gasteiger partial charge in [0, 0.05) is 33.7 Å². The van der Waals surface area contributed by atoms with Crippen LogP contribution in [0, 0.1) is 5.92 Å². The van der Waals surface area contributed by atoms with E-state index in [2.05, 4.69) is 21.2 Å². The highest BCUT2D eigenvalue weighted by Gasteiger charge is 2.33. The van der Waals surface area contributed by atoms with Crippen LogP contribution in [0.3, 0.4) is 0 Å². The summed E-state index contributed by atoms with van der Waals surface area (Å²) < 4.78 is 28.3. The second-order valence-electron chi connectivity index (χ2n) is 8.03. The highest BCUT2D eigenvalue weighted by Crippen LogP contribution is 2.28. The first-order chi connectivity index (χ1) is 16.3. The number of nitrogens with zero attached hydrogens (tertiary/aromatic N) is 1. The fourth-order valence-corrected chi connectivity index (χ4v) is 5.88. The Morgan fingerprint density at radius 2 is 1.71 bits per heavy atom. The first kappa shape index (κ1) is 24.6. The number of halogens is 2. The molecule has 1 saturated heterocycles. The fourth-order valence-electron chi connectivity index (χ4n) is 3.92. The molecule has 1 atom stereocenters. The summed E-state index contributed by atoms with van der Waals surface area (Å²) >= 11 is 9.44. The van der Waals surface area contributed by atoms with Crippen molar-refractivity contribution in [2.24, 2.45) is 5.92 Å². The minimum atomic E-state index is -3.72. The largest absolute Gasteiger partial charge is 0.325 e. The number of benzene rings is 3. The third-order valence-corrected chi connectivity index (χ3v) is 8.37. The summed E-state index contributed by atoms with van der Waals surface area (Å²) in [5.41, 5.74) is 1.10. The van der Waals surface area contributed by atoms with E-state index in [0.717, 1.165) is 4.47 Å². The summed E-state index contributed by atoms with van der Waals surface area (Å²) in [6.07, 6.45) is 1.11. The van der Waals surface area contributed by atoms with Crippen LogP contribution in [0.15, 0.2) is 82.2 Å². The Bertz CT molecular complexity index is 1310. The van der Waals surface area contributed by atoms with Crippen LogP contribution in [0.25, 0.3) is 0 Å². The van der Waals surface area contributed by atoms with Crippen molar-refractivity contribution in [2.45, 2.75) is 17.7 Å². The molecule has 4 rings (SSSR count). The van der Waals surface area contributed by atoms with Crippen molar-refractivity contribution in [3.05, 3.63) is 93.4 Å². The number of hydrogen-bond acceptors (Lipinski definition) is 4. The van der Waals surface area contributed by atoms with Gasteiger partial charge in [0.2, 0.25) is 15.9 Å². The molecule has 3 aromatic rings. The summed E-state index contributed by atoms with van der Waals surface area (Å²) in [6, 6.07) is 19.9. The van der Waals surface area contributed by atoms with E-state index in [-0.39, 0.29) is 28.7 Å². The molecule has 1 aliphatic heterocycles. The molecule has 1 heterocycles. The number of hydrogen-bond donors (Lipinski definition) is 1. The zero-order chi connectivity index (χ0) is 24.3. The summed E-state index contributed by atoms with van der Waals surface area (Å²) in [6.45, 7) is 0.417. The predicted molar refractivity (Wildman–Crippen MR) is 136 cm³/mol. The van der Waals surface area contributed by atoms with Crippen molar-refractivity contribution in [3.63, 3.8) is 0 Å². The van der Waals surface area contributed by atoms with Gasteiger partial charge in [-0.25, -0.2) is 8.42 Å². The number of anilines is 1. The average molecular weight is 562 g/mol. The molecule has 0 spiro atoms. The van der Waals surface area contributed by atoms with Gasteiger partial charge in [-0.05, 0) is 55.3 Å². The van der Waals surface area contributed by atoms with E-state index in [1.165, 1.54) is 22.5 Å². The van der Waals surface area contributed by atoms with E-state index in [4.69, 9.17) is 11.6 Å². The van der Waals surface area contributed by atoms with Crippen molar-refractivity contribution < 1.29 is 18.0 Å². The van der Waals surface area contributed by atoms with Crippen LogP contribution in [0.5, 0.6) is 0 Å². The van der Waals surface area contributed by atoms with Crippen LogP contribution in [-0.4, -0.2) is 37.5 Å². The van der Waals surface area contributed by atoms with Gasteiger partial charge < -0.3 is 5.32 Å². The van der Waals surface area contributed by atoms with Gasteiger partial charge in [0.1, 0.15) is 0 Å². The first-order valence-electron chi connectivity index (χ1n) is 10.7. The second kappa shape index (κ2) is 10.4. The molecule has 3 aromatic carbocycles. The Kier molecular flexibility index (Phi) is 7.52. The Hall–Kier alpha value is -2.52. The lowest BCUT2D eigenvalue weighted by molar-refractivity contribution is -0.120. The van der Waals surface area contributed by atoms with Crippen LogP contribution in [0.2, 0.25) is 5.02 Å². The molecular formula is C25H22BrClN2O4S. The summed E-state index contributed by atoms with van der Waals surface area (Å²) in [7, 11) is -3.72. The van der Waals surface area contributed by atoms with E-state index in [9.17, 15) is 18.0 Å². The maximum atomic E-state index is 13.1. The molecule has 0 aliphatic carbocycles. The van der Waals surface area contributed by atoms with Crippen LogP contribution in [0.1, 0.15) is 28.8 Å². The number of amides is 1. The van der Waals surface area contributed by atoms with E-state index in [1.54, 1.807) is 48.5 Å². The molecule has 1 aliphatic rings. The molecule has 0 radical (unpaired) electrons. The smallest absolute Gasteiger partial charge is 0.243 e. The highest BCUT2D eigenvalue weighted by molar-refractivity contribution is 9.10. The molecular weight excluding hydrogens is 540 g/mol. The zero-order valence-corrected chi connectivity index (χ0v) is 21.2. The second-order valence-corrected chi connectivity index (χ2v) is 11.3. The van der Waals surface area contributed by atoms with Gasteiger partial charge in [0.25, 0.3) is 0 Å². The molecule has 176 valence electrons. The van der Waals surface area contributed by atoms with Gasteiger partial charge in [-0.3, -0.25) is 9.59 Å². The van der Waals surface area contributed by atoms with E-state index < -0.39 is 15.9 Å². The lowest BCUT2D eigenvalue weighted by Crippen LogP contribution is -2.43. The molecule has 9 heteroatoms. The van der Waals surface area contributed by atoms with Gasteiger partial charge in [0.05, 0.1) is 16.5 Å². The molecule has 0 aromatic heterocycles. The SMILES string of the molecule is O=C(c1ccccc1)c1cc(Cl)ccc1NC(=O)[C@@H]1CCCN(S(=O)(=O)c2ccc(Br)cc2)C1. The van der Waals surface area contributed by atoms with E-state index in [0.29, 0.717) is 35.7 Å². The predicted octanol–water partition coefficient (Wildman–Crippen LogP) is 5.37. The van der Waals surface area contributed by atoms with Gasteiger partial charge in [-0.2, -0.15) is 4.31 Å². The van der Waals surface area contributed by atoms with E-state index >= 15 is 0 Å². The summed E-state index contributed by atoms with van der Waals surface area (Å²) in [4.78, 5) is 26.4. The number of carbonyl (C=O) groups is 2. The molecule has 1 fully saturated rings. The maximum Gasteiger partial charge on any atom is 0.243 e. The quantitative estimate of drug-likeness (QED) is 0.410. The van der Waals surface area contributed by atoms with Gasteiger partial charge >= 0.3 is 0 Å². The molecule has 0 saturated carbocycles. The molecule has 0 bridgehead atoms. The Balaban J connectivity index is 1.53. The fraction of sp³-hybridized carbons (Fsp3) is 0.200. The normalized spacial score (nSPS) is 16.7. The summed E-state index contributed by atoms with van der Waals surface area (Å²) in [5.74, 6) is -1.14. The lowest BCUT2D eigenvalue weighted by atomic mass is 9.97. The molecule has 1 amide bonds. The minimum absolute atomic E-state index is 0.0692. The van der Waals surface area contributed by atoms with Crippen molar-refractivity contribution >= 4 is 54.9 Å². The summed E-state index contributed by atoms with van der Waals surface area (Å²) in [5, 5.41) is 3.21. The third kappa shape index (κ3) is 5.41. The zero-order valence-electron chi connectivity index (χ0n) is 18.1. The lowest BCUT2D eigenvalue weighted by Gasteiger charge is -2.31. The van der Waals surface area contributed by atoms with Crippen LogP contribution < -0.4 is 5.32 Å². The number of piperidine rings is 1. The van der Waals surface area contributed by atoms with Gasteiger partial charge in [0.15, 0.2) is 5.78 Å².